The van der Waals surface area contributed by atoms with Gasteiger partial charge in [-0.05, 0) is 49.6 Å². The smallest absolute Gasteiger partial charge is 0.269 e. The van der Waals surface area contributed by atoms with E-state index in [1.165, 1.54) is 16.2 Å². The first-order chi connectivity index (χ1) is 15.2. The number of amides is 1. The van der Waals surface area contributed by atoms with Crippen LogP contribution in [-0.2, 0) is 4.79 Å². The zero-order valence-corrected chi connectivity index (χ0v) is 19.9. The molecule has 8 heteroatoms. The van der Waals surface area contributed by atoms with Crippen LogP contribution in [0.15, 0.2) is 52.3 Å². The van der Waals surface area contributed by atoms with Crippen LogP contribution < -0.4 is 10.3 Å². The van der Waals surface area contributed by atoms with E-state index in [9.17, 15) is 9.59 Å². The molecule has 1 aliphatic rings. The summed E-state index contributed by atoms with van der Waals surface area (Å²) in [6.45, 7) is 8.52. The normalized spacial score (nSPS) is 15.4. The van der Waals surface area contributed by atoms with Crippen molar-refractivity contribution in [2.45, 2.75) is 27.7 Å². The third kappa shape index (κ3) is 4.33. The number of aromatic nitrogens is 2. The molecule has 1 fully saturated rings. The van der Waals surface area contributed by atoms with Crippen molar-refractivity contribution in [1.29, 1.82) is 0 Å². The summed E-state index contributed by atoms with van der Waals surface area (Å²) < 4.78 is 8.04. The Morgan fingerprint density at radius 3 is 2.69 bits per heavy atom. The molecule has 0 spiro atoms. The average Bonchev–Trinajstić information content (AvgIpc) is 3.00. The topological polar surface area (TPSA) is 63.9 Å². The molecule has 32 heavy (non-hydrogen) atoms. The van der Waals surface area contributed by atoms with Crippen LogP contribution in [0.25, 0.3) is 11.7 Å². The molecule has 2 aromatic heterocycles. The van der Waals surface area contributed by atoms with E-state index in [0.29, 0.717) is 27.2 Å². The highest BCUT2D eigenvalue weighted by Gasteiger charge is 2.33. The molecule has 0 N–H and O–H groups in total. The second kappa shape index (κ2) is 8.88. The van der Waals surface area contributed by atoms with Crippen molar-refractivity contribution in [2.24, 2.45) is 5.92 Å². The van der Waals surface area contributed by atoms with Gasteiger partial charge in [-0.2, -0.15) is 4.98 Å². The van der Waals surface area contributed by atoms with E-state index in [1.54, 1.807) is 35.4 Å². The molecule has 3 aromatic rings. The number of nitrogens with zero attached hydrogens (tertiary/aromatic N) is 3. The van der Waals surface area contributed by atoms with Crippen molar-refractivity contribution in [3.05, 3.63) is 74.5 Å². The highest BCUT2D eigenvalue weighted by atomic mass is 32.2. The first-order valence-corrected chi connectivity index (χ1v) is 11.5. The summed E-state index contributed by atoms with van der Waals surface area (Å²) in [4.78, 5) is 32.9. The fraction of sp³-hybridized carbons (Fsp3) is 0.250. The van der Waals surface area contributed by atoms with Crippen LogP contribution in [0.4, 0.5) is 0 Å². The number of aryl methyl sites for hydroxylation is 2. The second-order valence-electron chi connectivity index (χ2n) is 8.12. The Balaban J connectivity index is 1.84. The van der Waals surface area contributed by atoms with Gasteiger partial charge in [0.05, 0.1) is 4.91 Å². The quantitative estimate of drug-likeness (QED) is 0.392. The number of thioether (sulfide) groups is 1. The lowest BCUT2D eigenvalue weighted by molar-refractivity contribution is -0.122. The van der Waals surface area contributed by atoms with Crippen molar-refractivity contribution in [1.82, 2.24) is 14.3 Å². The highest BCUT2D eigenvalue weighted by molar-refractivity contribution is 8.26. The van der Waals surface area contributed by atoms with Gasteiger partial charge in [-0.3, -0.25) is 18.9 Å². The molecular weight excluding hydrogens is 442 g/mol. The number of fused-ring (bicyclic) bond motifs is 1. The molecule has 1 aromatic carbocycles. The van der Waals surface area contributed by atoms with Gasteiger partial charge in [0.25, 0.3) is 11.5 Å². The maximum atomic E-state index is 13.3. The van der Waals surface area contributed by atoms with Gasteiger partial charge in [0.1, 0.15) is 21.3 Å². The highest BCUT2D eigenvalue weighted by Crippen LogP contribution is 2.35. The average molecular weight is 466 g/mol. The summed E-state index contributed by atoms with van der Waals surface area (Å²) in [6, 6.07) is 11.1. The van der Waals surface area contributed by atoms with Crippen LogP contribution >= 0.6 is 24.0 Å². The maximum absolute atomic E-state index is 13.3. The number of rotatable bonds is 5. The number of carbonyl (C=O) groups excluding carboxylic acids is 1. The first-order valence-electron chi connectivity index (χ1n) is 10.3. The molecule has 164 valence electrons. The molecule has 0 bridgehead atoms. The fourth-order valence-corrected chi connectivity index (χ4v) is 4.71. The minimum absolute atomic E-state index is 0.155. The summed E-state index contributed by atoms with van der Waals surface area (Å²) in [7, 11) is 0. The standard InChI is InChI=1S/C24H23N3O3S2/c1-14(2)13-27-23(29)19(32-24(27)31)12-17-21(30-18-9-8-15(3)11-16(18)4)25-20-7-5-6-10-26(20)22(17)28/h5-12,14H,13H2,1-4H3/b19-12+. The predicted molar refractivity (Wildman–Crippen MR) is 132 cm³/mol. The Labute approximate surface area is 195 Å². The molecule has 0 aliphatic carbocycles. The Morgan fingerprint density at radius 1 is 1.19 bits per heavy atom. The van der Waals surface area contributed by atoms with Crippen molar-refractivity contribution in [3.8, 4) is 11.6 Å². The Kier molecular flexibility index (Phi) is 6.17. The van der Waals surface area contributed by atoms with E-state index in [1.807, 2.05) is 45.9 Å². The Morgan fingerprint density at radius 2 is 1.97 bits per heavy atom. The summed E-state index contributed by atoms with van der Waals surface area (Å²) in [5, 5.41) is 0. The Bertz CT molecular complexity index is 1330. The lowest BCUT2D eigenvalue weighted by atomic mass is 10.1. The monoisotopic (exact) mass is 465 g/mol. The van der Waals surface area contributed by atoms with E-state index < -0.39 is 0 Å². The van der Waals surface area contributed by atoms with Crippen molar-refractivity contribution >= 4 is 45.9 Å². The van der Waals surface area contributed by atoms with Gasteiger partial charge in [-0.25, -0.2) is 0 Å². The van der Waals surface area contributed by atoms with Crippen LogP contribution in [-0.4, -0.2) is 31.1 Å². The number of ether oxygens (including phenoxy) is 1. The molecule has 0 atom stereocenters. The largest absolute Gasteiger partial charge is 0.438 e. The number of benzene rings is 1. The van der Waals surface area contributed by atoms with E-state index >= 15 is 0 Å². The lowest BCUT2D eigenvalue weighted by Gasteiger charge is -2.16. The third-order valence-electron chi connectivity index (χ3n) is 4.97. The van der Waals surface area contributed by atoms with Crippen LogP contribution in [0.3, 0.4) is 0 Å². The third-order valence-corrected chi connectivity index (χ3v) is 6.35. The summed E-state index contributed by atoms with van der Waals surface area (Å²) in [5.74, 6) is 0.823. The molecule has 4 rings (SSSR count). The number of thiocarbonyl (C=S) groups is 1. The van der Waals surface area contributed by atoms with Gasteiger partial charge < -0.3 is 4.74 Å². The Hall–Kier alpha value is -2.97. The molecule has 1 aliphatic heterocycles. The molecule has 1 saturated heterocycles. The molecule has 3 heterocycles. The van der Waals surface area contributed by atoms with Crippen LogP contribution in [0.1, 0.15) is 30.5 Å². The van der Waals surface area contributed by atoms with Crippen LogP contribution in [0.5, 0.6) is 11.6 Å². The summed E-state index contributed by atoms with van der Waals surface area (Å²) >= 11 is 6.59. The first kappa shape index (κ1) is 22.2. The minimum atomic E-state index is -0.315. The van der Waals surface area contributed by atoms with Crippen LogP contribution in [0, 0.1) is 19.8 Å². The van der Waals surface area contributed by atoms with Gasteiger partial charge in [0, 0.05) is 12.7 Å². The molecule has 1 amide bonds. The predicted octanol–water partition coefficient (Wildman–Crippen LogP) is 4.96. The maximum Gasteiger partial charge on any atom is 0.269 e. The van der Waals surface area contributed by atoms with Crippen molar-refractivity contribution < 1.29 is 9.53 Å². The van der Waals surface area contributed by atoms with Gasteiger partial charge >= 0.3 is 0 Å². The summed E-state index contributed by atoms with van der Waals surface area (Å²) in [5.41, 5.74) is 2.38. The molecule has 0 unspecified atom stereocenters. The number of carbonyl (C=O) groups is 1. The lowest BCUT2D eigenvalue weighted by Crippen LogP contribution is -2.31. The van der Waals surface area contributed by atoms with Crippen molar-refractivity contribution in [2.75, 3.05) is 6.54 Å². The molecule has 0 radical (unpaired) electrons. The van der Waals surface area contributed by atoms with E-state index in [4.69, 9.17) is 17.0 Å². The molecular formula is C24H23N3O3S2. The number of hydrogen-bond donors (Lipinski definition) is 0. The van der Waals surface area contributed by atoms with Gasteiger partial charge in [-0.1, -0.05) is 61.6 Å². The molecule has 6 nitrogen and oxygen atoms in total. The number of pyridine rings is 1. The molecule has 0 saturated carbocycles. The van der Waals surface area contributed by atoms with Gasteiger partial charge in [0.15, 0.2) is 0 Å². The second-order valence-corrected chi connectivity index (χ2v) is 9.80. The van der Waals surface area contributed by atoms with Gasteiger partial charge in [-0.15, -0.1) is 0 Å². The van der Waals surface area contributed by atoms with Crippen molar-refractivity contribution in [3.63, 3.8) is 0 Å². The van der Waals surface area contributed by atoms with E-state index in [0.717, 1.165) is 11.1 Å². The van der Waals surface area contributed by atoms with E-state index in [2.05, 4.69) is 4.98 Å². The number of hydrogen-bond acceptors (Lipinski definition) is 6. The zero-order chi connectivity index (χ0) is 23.0. The van der Waals surface area contributed by atoms with Crippen LogP contribution in [0.2, 0.25) is 0 Å². The fourth-order valence-electron chi connectivity index (χ4n) is 3.46. The van der Waals surface area contributed by atoms with Gasteiger partial charge in [0.2, 0.25) is 5.88 Å². The van der Waals surface area contributed by atoms with E-state index in [-0.39, 0.29) is 28.8 Å². The summed E-state index contributed by atoms with van der Waals surface area (Å²) in [6.07, 6.45) is 3.19. The SMILES string of the molecule is Cc1ccc(Oc2nc3ccccn3c(=O)c2/C=C2/SC(=S)N(CC(C)C)C2=O)c(C)c1. The minimum Gasteiger partial charge on any atom is -0.438 e. The zero-order valence-electron chi connectivity index (χ0n) is 18.3.